The van der Waals surface area contributed by atoms with Crippen molar-refractivity contribution in [3.8, 4) is 0 Å². The van der Waals surface area contributed by atoms with Crippen molar-refractivity contribution < 1.29 is 5.11 Å². The zero-order valence-electron chi connectivity index (χ0n) is 9.27. The van der Waals surface area contributed by atoms with E-state index in [4.69, 9.17) is 0 Å². The molecular formula is C13H17NO. The Morgan fingerprint density at radius 3 is 2.73 bits per heavy atom. The summed E-state index contributed by atoms with van der Waals surface area (Å²) in [7, 11) is 0. The van der Waals surface area contributed by atoms with Crippen molar-refractivity contribution in [3.05, 3.63) is 36.0 Å². The molecule has 15 heavy (non-hydrogen) atoms. The van der Waals surface area contributed by atoms with E-state index in [0.29, 0.717) is 0 Å². The third kappa shape index (κ3) is 1.65. The number of nitrogens with zero attached hydrogens (tertiary/aromatic N) is 1. The van der Waals surface area contributed by atoms with Gasteiger partial charge in [-0.2, -0.15) is 0 Å². The van der Waals surface area contributed by atoms with Gasteiger partial charge in [-0.25, -0.2) is 0 Å². The maximum Gasteiger partial charge on any atom is 0.0639 e. The molecule has 0 amide bonds. The van der Waals surface area contributed by atoms with Gasteiger partial charge in [-0.15, -0.1) is 0 Å². The van der Waals surface area contributed by atoms with E-state index in [1.165, 1.54) is 16.6 Å². The van der Waals surface area contributed by atoms with Crippen LogP contribution in [0.15, 0.2) is 30.3 Å². The van der Waals surface area contributed by atoms with Crippen LogP contribution < -0.4 is 0 Å². The lowest BCUT2D eigenvalue weighted by Crippen LogP contribution is -2.13. The number of benzene rings is 1. The maximum atomic E-state index is 9.36. The summed E-state index contributed by atoms with van der Waals surface area (Å²) in [4.78, 5) is 0. The largest absolute Gasteiger partial charge is 0.394 e. The van der Waals surface area contributed by atoms with Crippen molar-refractivity contribution in [2.75, 3.05) is 6.61 Å². The van der Waals surface area contributed by atoms with Gasteiger partial charge >= 0.3 is 0 Å². The fourth-order valence-electron chi connectivity index (χ4n) is 2.19. The van der Waals surface area contributed by atoms with E-state index in [1.54, 1.807) is 0 Å². The first kappa shape index (κ1) is 10.2. The number of fused-ring (bicyclic) bond motifs is 1. The summed E-state index contributed by atoms with van der Waals surface area (Å²) in [5, 5.41) is 10.6. The molecule has 0 spiro atoms. The zero-order chi connectivity index (χ0) is 10.8. The van der Waals surface area contributed by atoms with E-state index in [0.717, 1.165) is 6.42 Å². The fraction of sp³-hybridized carbons (Fsp3) is 0.385. The molecule has 0 radical (unpaired) electrons. The van der Waals surface area contributed by atoms with Crippen molar-refractivity contribution in [2.24, 2.45) is 0 Å². The quantitative estimate of drug-likeness (QED) is 0.815. The summed E-state index contributed by atoms with van der Waals surface area (Å²) in [5.41, 5.74) is 2.44. The number of aryl methyl sites for hydroxylation is 1. The standard InChI is InChI=1S/C13H17NO/c1-3-12(9-15)14-10(2)8-11-6-4-5-7-13(11)14/h4-8,12,15H,3,9H2,1-2H3. The predicted molar refractivity (Wildman–Crippen MR) is 63.1 cm³/mol. The molecule has 2 aromatic rings. The van der Waals surface area contributed by atoms with E-state index in [9.17, 15) is 5.11 Å². The molecule has 1 unspecified atom stereocenters. The maximum absolute atomic E-state index is 9.36. The molecule has 0 fully saturated rings. The van der Waals surface area contributed by atoms with Crippen LogP contribution in [0, 0.1) is 6.92 Å². The molecule has 2 rings (SSSR count). The minimum absolute atomic E-state index is 0.199. The second-order valence-corrected chi connectivity index (χ2v) is 3.96. The molecule has 0 saturated heterocycles. The summed E-state index contributed by atoms with van der Waals surface area (Å²) in [6.07, 6.45) is 0.954. The molecule has 2 heteroatoms. The molecule has 80 valence electrons. The Kier molecular flexibility index (Phi) is 2.78. The minimum atomic E-state index is 0.199. The van der Waals surface area contributed by atoms with Crippen molar-refractivity contribution in [3.63, 3.8) is 0 Å². The number of aliphatic hydroxyl groups excluding tert-OH is 1. The van der Waals surface area contributed by atoms with Gasteiger partial charge in [0.15, 0.2) is 0 Å². The van der Waals surface area contributed by atoms with E-state index in [1.807, 2.05) is 12.1 Å². The average Bonchev–Trinajstić information content (AvgIpc) is 2.58. The minimum Gasteiger partial charge on any atom is -0.394 e. The van der Waals surface area contributed by atoms with E-state index in [2.05, 4.69) is 36.6 Å². The van der Waals surface area contributed by atoms with Gasteiger partial charge in [0.2, 0.25) is 0 Å². The molecule has 0 aliphatic rings. The molecule has 0 saturated carbocycles. The molecule has 1 N–H and O–H groups in total. The molecule has 1 aromatic heterocycles. The second kappa shape index (κ2) is 4.07. The van der Waals surface area contributed by atoms with Gasteiger partial charge in [0.05, 0.1) is 12.6 Å². The number of hydrogen-bond donors (Lipinski definition) is 1. The molecule has 1 aromatic carbocycles. The van der Waals surface area contributed by atoms with E-state index < -0.39 is 0 Å². The van der Waals surface area contributed by atoms with Crippen LogP contribution in [0.3, 0.4) is 0 Å². The van der Waals surface area contributed by atoms with Crippen LogP contribution in [0.2, 0.25) is 0 Å². The Morgan fingerprint density at radius 2 is 2.07 bits per heavy atom. The Labute approximate surface area is 90.2 Å². The first-order valence-electron chi connectivity index (χ1n) is 5.45. The summed E-state index contributed by atoms with van der Waals surface area (Å²) in [5.74, 6) is 0. The lowest BCUT2D eigenvalue weighted by molar-refractivity contribution is 0.226. The molecule has 2 nitrogen and oxygen atoms in total. The van der Waals surface area contributed by atoms with Gasteiger partial charge in [0.25, 0.3) is 0 Å². The third-order valence-electron chi connectivity index (χ3n) is 2.99. The molecule has 1 atom stereocenters. The van der Waals surface area contributed by atoms with Crippen LogP contribution in [0.1, 0.15) is 25.1 Å². The van der Waals surface area contributed by atoms with Crippen LogP contribution in [0.5, 0.6) is 0 Å². The molecular weight excluding hydrogens is 186 g/mol. The summed E-state index contributed by atoms with van der Waals surface area (Å²) >= 11 is 0. The number of rotatable bonds is 3. The normalized spacial score (nSPS) is 13.3. The number of para-hydroxylation sites is 1. The van der Waals surface area contributed by atoms with Gasteiger partial charge in [-0.05, 0) is 30.9 Å². The fourth-order valence-corrected chi connectivity index (χ4v) is 2.19. The number of aliphatic hydroxyl groups is 1. The SMILES string of the molecule is CCC(CO)n1c(C)cc2ccccc21. The second-order valence-electron chi connectivity index (χ2n) is 3.96. The van der Waals surface area contributed by atoms with E-state index in [-0.39, 0.29) is 12.6 Å². The Hall–Kier alpha value is -1.28. The summed E-state index contributed by atoms with van der Waals surface area (Å²) < 4.78 is 2.23. The summed E-state index contributed by atoms with van der Waals surface area (Å²) in [6.45, 7) is 4.41. The molecule has 0 aliphatic carbocycles. The zero-order valence-corrected chi connectivity index (χ0v) is 9.27. The number of aromatic nitrogens is 1. The lowest BCUT2D eigenvalue weighted by atomic mass is 10.2. The third-order valence-corrected chi connectivity index (χ3v) is 2.99. The van der Waals surface area contributed by atoms with Crippen LogP contribution in [-0.4, -0.2) is 16.3 Å². The highest BCUT2D eigenvalue weighted by molar-refractivity contribution is 5.81. The lowest BCUT2D eigenvalue weighted by Gasteiger charge is -2.17. The van der Waals surface area contributed by atoms with Crippen molar-refractivity contribution in [2.45, 2.75) is 26.3 Å². The summed E-state index contributed by atoms with van der Waals surface area (Å²) in [6, 6.07) is 10.7. The van der Waals surface area contributed by atoms with Gasteiger partial charge in [-0.1, -0.05) is 25.1 Å². The first-order chi connectivity index (χ1) is 7.27. The van der Waals surface area contributed by atoms with Crippen molar-refractivity contribution in [1.82, 2.24) is 4.57 Å². The monoisotopic (exact) mass is 203 g/mol. The Bertz CT molecular complexity index is 455. The molecule has 0 bridgehead atoms. The van der Waals surface area contributed by atoms with Crippen LogP contribution in [0.25, 0.3) is 10.9 Å². The van der Waals surface area contributed by atoms with Crippen LogP contribution in [-0.2, 0) is 0 Å². The van der Waals surface area contributed by atoms with Crippen LogP contribution in [0.4, 0.5) is 0 Å². The topological polar surface area (TPSA) is 25.2 Å². The smallest absolute Gasteiger partial charge is 0.0639 e. The van der Waals surface area contributed by atoms with E-state index >= 15 is 0 Å². The van der Waals surface area contributed by atoms with Crippen LogP contribution >= 0.6 is 0 Å². The highest BCUT2D eigenvalue weighted by Gasteiger charge is 2.12. The van der Waals surface area contributed by atoms with Gasteiger partial charge in [-0.3, -0.25) is 0 Å². The molecule has 1 heterocycles. The predicted octanol–water partition coefficient (Wildman–Crippen LogP) is 2.89. The first-order valence-corrected chi connectivity index (χ1v) is 5.45. The van der Waals surface area contributed by atoms with Gasteiger partial charge in [0.1, 0.15) is 0 Å². The highest BCUT2D eigenvalue weighted by Crippen LogP contribution is 2.24. The average molecular weight is 203 g/mol. The Morgan fingerprint density at radius 1 is 1.33 bits per heavy atom. The van der Waals surface area contributed by atoms with Crippen molar-refractivity contribution in [1.29, 1.82) is 0 Å². The Balaban J connectivity index is 2.62. The van der Waals surface area contributed by atoms with Crippen molar-refractivity contribution >= 4 is 10.9 Å². The highest BCUT2D eigenvalue weighted by atomic mass is 16.3. The van der Waals surface area contributed by atoms with Gasteiger partial charge in [0, 0.05) is 11.2 Å². The van der Waals surface area contributed by atoms with Gasteiger partial charge < -0.3 is 9.67 Å². The number of hydrogen-bond acceptors (Lipinski definition) is 1. The molecule has 0 aliphatic heterocycles.